The van der Waals surface area contributed by atoms with Gasteiger partial charge in [-0.1, -0.05) is 40.2 Å². The Hall–Kier alpha value is -1.62. The van der Waals surface area contributed by atoms with Gasteiger partial charge in [0.2, 0.25) is 0 Å². The Kier molecular flexibility index (Phi) is 7.87. The molecule has 0 bridgehead atoms. The second kappa shape index (κ2) is 9.73. The lowest BCUT2D eigenvalue weighted by Crippen LogP contribution is -2.39. The van der Waals surface area contributed by atoms with E-state index in [1.165, 1.54) is 24.8 Å². The predicted octanol–water partition coefficient (Wildman–Crippen LogP) is 5.66. The van der Waals surface area contributed by atoms with E-state index in [2.05, 4.69) is 43.6 Å². The van der Waals surface area contributed by atoms with Crippen LogP contribution in [0.25, 0.3) is 0 Å². The Balaban J connectivity index is 2.20. The second-order valence-electron chi connectivity index (χ2n) is 9.83. The summed E-state index contributed by atoms with van der Waals surface area (Å²) in [5, 5.41) is 0. The molecular weight excluding hydrogens is 350 g/mol. The zero-order valence-electron chi connectivity index (χ0n) is 18.9. The number of amides is 1. The van der Waals surface area contributed by atoms with Crippen LogP contribution in [0.4, 0.5) is 10.6 Å². The third-order valence-corrected chi connectivity index (χ3v) is 4.81. The molecule has 1 aliphatic rings. The Morgan fingerprint density at radius 3 is 2.46 bits per heavy atom. The highest BCUT2D eigenvalue weighted by molar-refractivity contribution is 5.86. The smallest absolute Gasteiger partial charge is 0.416 e. The van der Waals surface area contributed by atoms with Gasteiger partial charge >= 0.3 is 6.09 Å². The van der Waals surface area contributed by atoms with Crippen molar-refractivity contribution in [2.75, 3.05) is 24.5 Å². The van der Waals surface area contributed by atoms with Gasteiger partial charge in [-0.25, -0.2) is 9.78 Å². The van der Waals surface area contributed by atoms with Gasteiger partial charge < -0.3 is 4.74 Å². The van der Waals surface area contributed by atoms with Gasteiger partial charge in [0.25, 0.3) is 0 Å². The summed E-state index contributed by atoms with van der Waals surface area (Å²) in [6.45, 7) is 17.3. The number of rotatable bonds is 6. The Bertz CT molecular complexity index is 620. The molecule has 1 atom stereocenters. The lowest BCUT2D eigenvalue weighted by atomic mass is 9.95. The minimum absolute atomic E-state index is 0.328. The number of hydrogen-bond donors (Lipinski definition) is 0. The summed E-state index contributed by atoms with van der Waals surface area (Å²) >= 11 is 0. The molecular formula is C23H39N3O2. The van der Waals surface area contributed by atoms with E-state index in [4.69, 9.17) is 4.74 Å². The molecule has 0 aromatic carbocycles. The van der Waals surface area contributed by atoms with Crippen LogP contribution < -0.4 is 4.90 Å². The normalized spacial score (nSPS) is 18.5. The van der Waals surface area contributed by atoms with Crippen LogP contribution in [0.3, 0.4) is 0 Å². The number of pyridine rings is 1. The van der Waals surface area contributed by atoms with Crippen LogP contribution in [-0.4, -0.2) is 41.2 Å². The standard InChI is InChI=1S/C23H39N3O2/c1-17(2)15-25-13-9-8-10-20(25)19-11-12-21(24-14-19)26(16-18(3)4)22(27)28-23(5,6)7/h11-12,14,17-18,20H,8-10,13,15-16H2,1-7H3/t20-/m0/s1. The molecule has 1 saturated heterocycles. The highest BCUT2D eigenvalue weighted by Crippen LogP contribution is 2.32. The molecule has 1 fully saturated rings. The maximum atomic E-state index is 12.7. The molecule has 1 aliphatic heterocycles. The lowest BCUT2D eigenvalue weighted by molar-refractivity contribution is 0.0575. The molecule has 5 heteroatoms. The largest absolute Gasteiger partial charge is 0.443 e. The minimum atomic E-state index is -0.522. The fourth-order valence-corrected chi connectivity index (χ4v) is 3.75. The third-order valence-electron chi connectivity index (χ3n) is 4.81. The Morgan fingerprint density at radius 2 is 1.93 bits per heavy atom. The molecule has 28 heavy (non-hydrogen) atoms. The lowest BCUT2D eigenvalue weighted by Gasteiger charge is -2.37. The second-order valence-corrected chi connectivity index (χ2v) is 9.83. The van der Waals surface area contributed by atoms with E-state index < -0.39 is 5.60 Å². The van der Waals surface area contributed by atoms with E-state index in [1.807, 2.05) is 33.0 Å². The highest BCUT2D eigenvalue weighted by Gasteiger charge is 2.27. The van der Waals surface area contributed by atoms with Crippen LogP contribution in [0.5, 0.6) is 0 Å². The van der Waals surface area contributed by atoms with Crippen molar-refractivity contribution in [3.63, 3.8) is 0 Å². The van der Waals surface area contributed by atoms with Crippen molar-refractivity contribution in [3.8, 4) is 0 Å². The van der Waals surface area contributed by atoms with Gasteiger partial charge in [0.1, 0.15) is 11.4 Å². The molecule has 0 spiro atoms. The number of nitrogens with zero attached hydrogens (tertiary/aromatic N) is 3. The predicted molar refractivity (Wildman–Crippen MR) is 116 cm³/mol. The average Bonchev–Trinajstić information content (AvgIpc) is 2.58. The molecule has 1 aromatic rings. The van der Waals surface area contributed by atoms with Crippen molar-refractivity contribution < 1.29 is 9.53 Å². The van der Waals surface area contributed by atoms with Gasteiger partial charge in [0.05, 0.1) is 0 Å². The maximum Gasteiger partial charge on any atom is 0.416 e. The first-order valence-corrected chi connectivity index (χ1v) is 10.8. The third kappa shape index (κ3) is 6.77. The molecule has 2 heterocycles. The molecule has 1 aromatic heterocycles. The first kappa shape index (κ1) is 22.7. The summed E-state index contributed by atoms with van der Waals surface area (Å²) in [6, 6.07) is 4.55. The number of ether oxygens (including phenoxy) is 1. The molecule has 0 unspecified atom stereocenters. The molecule has 2 rings (SSSR count). The number of carbonyl (C=O) groups is 1. The molecule has 5 nitrogen and oxygen atoms in total. The average molecular weight is 390 g/mol. The van der Waals surface area contributed by atoms with Gasteiger partial charge in [-0.15, -0.1) is 0 Å². The number of likely N-dealkylation sites (tertiary alicyclic amines) is 1. The Labute approximate surface area is 171 Å². The molecule has 1 amide bonds. The van der Waals surface area contributed by atoms with Crippen molar-refractivity contribution in [3.05, 3.63) is 23.9 Å². The van der Waals surface area contributed by atoms with Crippen LogP contribution in [-0.2, 0) is 4.74 Å². The molecule has 0 saturated carbocycles. The van der Waals surface area contributed by atoms with E-state index in [9.17, 15) is 4.79 Å². The van der Waals surface area contributed by atoms with E-state index in [0.29, 0.717) is 30.2 Å². The van der Waals surface area contributed by atoms with Crippen molar-refractivity contribution in [1.29, 1.82) is 0 Å². The molecule has 0 radical (unpaired) electrons. The van der Waals surface area contributed by atoms with Gasteiger partial charge in [-0.2, -0.15) is 0 Å². The summed E-state index contributed by atoms with van der Waals surface area (Å²) < 4.78 is 5.60. The summed E-state index contributed by atoms with van der Waals surface area (Å²) in [6.07, 6.45) is 5.33. The van der Waals surface area contributed by atoms with Gasteiger partial charge in [-0.05, 0) is 63.6 Å². The van der Waals surface area contributed by atoms with E-state index >= 15 is 0 Å². The SMILES string of the molecule is CC(C)CN(C(=O)OC(C)(C)C)c1ccc([C@@H]2CCCCN2CC(C)C)cn1. The van der Waals surface area contributed by atoms with Crippen LogP contribution >= 0.6 is 0 Å². The topological polar surface area (TPSA) is 45.7 Å². The summed E-state index contributed by atoms with van der Waals surface area (Å²) in [5.74, 6) is 1.65. The number of piperidine rings is 1. The number of anilines is 1. The molecule has 0 aliphatic carbocycles. The summed E-state index contributed by atoms with van der Waals surface area (Å²) in [5.41, 5.74) is 0.726. The maximum absolute atomic E-state index is 12.7. The van der Waals surface area contributed by atoms with Crippen molar-refractivity contribution in [2.45, 2.75) is 79.4 Å². The first-order chi connectivity index (χ1) is 13.1. The number of aromatic nitrogens is 1. The van der Waals surface area contributed by atoms with Crippen LogP contribution in [0, 0.1) is 11.8 Å². The van der Waals surface area contributed by atoms with Crippen LogP contribution in [0.2, 0.25) is 0 Å². The minimum Gasteiger partial charge on any atom is -0.443 e. The zero-order valence-corrected chi connectivity index (χ0v) is 18.9. The van der Waals surface area contributed by atoms with E-state index in [0.717, 1.165) is 13.1 Å². The van der Waals surface area contributed by atoms with Gasteiger partial charge in [0, 0.05) is 25.3 Å². The van der Waals surface area contributed by atoms with Crippen LogP contribution in [0.15, 0.2) is 18.3 Å². The van der Waals surface area contributed by atoms with E-state index in [-0.39, 0.29) is 6.09 Å². The van der Waals surface area contributed by atoms with Gasteiger partial charge in [0.15, 0.2) is 0 Å². The van der Waals surface area contributed by atoms with Gasteiger partial charge in [-0.3, -0.25) is 9.80 Å². The quantitative estimate of drug-likeness (QED) is 0.629. The molecule has 0 N–H and O–H groups in total. The van der Waals surface area contributed by atoms with Crippen molar-refractivity contribution in [1.82, 2.24) is 9.88 Å². The summed E-state index contributed by atoms with van der Waals surface area (Å²) in [4.78, 5) is 21.6. The van der Waals surface area contributed by atoms with Crippen LogP contribution in [0.1, 0.15) is 79.3 Å². The fourth-order valence-electron chi connectivity index (χ4n) is 3.75. The zero-order chi connectivity index (χ0) is 20.9. The summed E-state index contributed by atoms with van der Waals surface area (Å²) in [7, 11) is 0. The van der Waals surface area contributed by atoms with Crippen molar-refractivity contribution >= 4 is 11.9 Å². The van der Waals surface area contributed by atoms with E-state index in [1.54, 1.807) is 4.90 Å². The molecule has 158 valence electrons. The number of hydrogen-bond acceptors (Lipinski definition) is 4. The highest BCUT2D eigenvalue weighted by atomic mass is 16.6. The number of carbonyl (C=O) groups excluding carboxylic acids is 1. The first-order valence-electron chi connectivity index (χ1n) is 10.8. The monoisotopic (exact) mass is 389 g/mol. The Morgan fingerprint density at radius 1 is 1.21 bits per heavy atom. The fraction of sp³-hybridized carbons (Fsp3) is 0.739. The van der Waals surface area contributed by atoms with Crippen molar-refractivity contribution in [2.24, 2.45) is 11.8 Å².